The number of aromatic nitrogens is 1. The largest absolute Gasteiger partial charge is 0.342 e. The minimum absolute atomic E-state index is 0.0665. The molecule has 0 aliphatic carbocycles. The van der Waals surface area contributed by atoms with Gasteiger partial charge in [-0.3, -0.25) is 9.59 Å². The normalized spacial score (nSPS) is 10.4. The molecule has 2 aromatic rings. The Morgan fingerprint density at radius 3 is 2.32 bits per heavy atom. The summed E-state index contributed by atoms with van der Waals surface area (Å²) in [6.07, 6.45) is 0. The predicted molar refractivity (Wildman–Crippen MR) is 88.5 cm³/mol. The van der Waals surface area contributed by atoms with Crippen LogP contribution in [0.3, 0.4) is 0 Å². The molecule has 0 radical (unpaired) electrons. The van der Waals surface area contributed by atoms with Gasteiger partial charge >= 0.3 is 0 Å². The molecule has 1 heterocycles. The minimum Gasteiger partial charge on any atom is -0.342 e. The topological polar surface area (TPSA) is 71.1 Å². The van der Waals surface area contributed by atoms with Crippen LogP contribution in [0.5, 0.6) is 0 Å². The molecule has 2 N–H and O–H groups in total. The Morgan fingerprint density at radius 1 is 1.14 bits per heavy atom. The first-order valence-corrected chi connectivity index (χ1v) is 7.78. The first-order valence-electron chi connectivity index (χ1n) is 6.96. The Labute approximate surface area is 133 Å². The molecule has 22 heavy (non-hydrogen) atoms. The van der Waals surface area contributed by atoms with Gasteiger partial charge < -0.3 is 10.6 Å². The van der Waals surface area contributed by atoms with E-state index in [1.165, 1.54) is 11.3 Å². The molecule has 2 amide bonds. The third-order valence-electron chi connectivity index (χ3n) is 3.26. The van der Waals surface area contributed by atoms with Crippen LogP contribution in [-0.2, 0) is 4.79 Å². The lowest BCUT2D eigenvalue weighted by Gasteiger charge is -2.11. The van der Waals surface area contributed by atoms with E-state index in [4.69, 9.17) is 0 Å². The van der Waals surface area contributed by atoms with Gasteiger partial charge in [0.05, 0.1) is 17.2 Å². The van der Waals surface area contributed by atoms with E-state index in [0.717, 1.165) is 21.8 Å². The van der Waals surface area contributed by atoms with Gasteiger partial charge in [-0.25, -0.2) is 4.98 Å². The maximum atomic E-state index is 12.0. The molecule has 0 bridgehead atoms. The second-order valence-corrected chi connectivity index (χ2v) is 6.35. The van der Waals surface area contributed by atoms with Gasteiger partial charge in [0, 0.05) is 5.69 Å². The predicted octanol–water partition coefficient (Wildman–Crippen LogP) is 2.75. The Hall–Kier alpha value is -2.21. The summed E-state index contributed by atoms with van der Waals surface area (Å²) in [7, 11) is 0. The van der Waals surface area contributed by atoms with Gasteiger partial charge in [0.2, 0.25) is 5.91 Å². The first-order chi connectivity index (χ1) is 10.4. The van der Waals surface area contributed by atoms with Crippen molar-refractivity contribution in [2.75, 3.05) is 11.9 Å². The van der Waals surface area contributed by atoms with Crippen LogP contribution in [0, 0.1) is 27.7 Å². The third kappa shape index (κ3) is 3.71. The lowest BCUT2D eigenvalue weighted by molar-refractivity contribution is -0.115. The minimum atomic E-state index is -0.264. The van der Waals surface area contributed by atoms with Gasteiger partial charge in [0.25, 0.3) is 5.91 Å². The zero-order chi connectivity index (χ0) is 16.3. The smallest absolute Gasteiger partial charge is 0.263 e. The molecule has 6 heteroatoms. The monoisotopic (exact) mass is 317 g/mol. The molecule has 0 atom stereocenters. The summed E-state index contributed by atoms with van der Waals surface area (Å²) < 4.78 is 0. The van der Waals surface area contributed by atoms with Crippen molar-refractivity contribution in [3.63, 3.8) is 0 Å². The molecule has 0 aliphatic rings. The Bertz CT molecular complexity index is 702. The summed E-state index contributed by atoms with van der Waals surface area (Å²) in [5, 5.41) is 6.31. The zero-order valence-electron chi connectivity index (χ0n) is 13.1. The van der Waals surface area contributed by atoms with Crippen LogP contribution in [0.15, 0.2) is 18.2 Å². The number of rotatable bonds is 4. The van der Waals surface area contributed by atoms with Crippen molar-refractivity contribution < 1.29 is 9.59 Å². The number of benzene rings is 1. The van der Waals surface area contributed by atoms with Crippen LogP contribution in [0.25, 0.3) is 0 Å². The van der Waals surface area contributed by atoms with E-state index in [0.29, 0.717) is 10.6 Å². The van der Waals surface area contributed by atoms with Crippen LogP contribution >= 0.6 is 11.3 Å². The SMILES string of the molecule is Cc1nc(C)c(C(=O)NCC(=O)Nc2c(C)cccc2C)s1. The second kappa shape index (κ2) is 6.70. The maximum absolute atomic E-state index is 12.0. The van der Waals surface area contributed by atoms with Crippen molar-refractivity contribution >= 4 is 28.8 Å². The number of aryl methyl sites for hydroxylation is 4. The van der Waals surface area contributed by atoms with Gasteiger partial charge in [-0.15, -0.1) is 11.3 Å². The Balaban J connectivity index is 1.96. The highest BCUT2D eigenvalue weighted by molar-refractivity contribution is 7.13. The molecule has 116 valence electrons. The quantitative estimate of drug-likeness (QED) is 0.911. The van der Waals surface area contributed by atoms with Crippen LogP contribution in [0.1, 0.15) is 31.5 Å². The summed E-state index contributed by atoms with van der Waals surface area (Å²) in [6.45, 7) is 7.44. The number of nitrogens with zero attached hydrogens (tertiary/aromatic N) is 1. The Morgan fingerprint density at radius 2 is 1.77 bits per heavy atom. The van der Waals surface area contributed by atoms with Crippen molar-refractivity contribution in [2.24, 2.45) is 0 Å². The van der Waals surface area contributed by atoms with Crippen LogP contribution in [0.4, 0.5) is 5.69 Å². The van der Waals surface area contributed by atoms with Crippen LogP contribution < -0.4 is 10.6 Å². The van der Waals surface area contributed by atoms with E-state index in [2.05, 4.69) is 15.6 Å². The summed E-state index contributed by atoms with van der Waals surface area (Å²) >= 11 is 1.33. The third-order valence-corrected chi connectivity index (χ3v) is 4.34. The first kappa shape index (κ1) is 16.2. The summed E-state index contributed by atoms with van der Waals surface area (Å²) in [5.41, 5.74) is 3.48. The van der Waals surface area contributed by atoms with E-state index in [1.807, 2.05) is 39.0 Å². The molecule has 0 aliphatic heterocycles. The number of carbonyl (C=O) groups is 2. The molecule has 0 fully saturated rings. The van der Waals surface area contributed by atoms with Crippen LogP contribution in [0.2, 0.25) is 0 Å². The number of amides is 2. The number of hydrogen-bond acceptors (Lipinski definition) is 4. The van der Waals surface area contributed by atoms with Crippen LogP contribution in [-0.4, -0.2) is 23.3 Å². The van der Waals surface area contributed by atoms with E-state index in [9.17, 15) is 9.59 Å². The van der Waals surface area contributed by atoms with Crippen molar-refractivity contribution in [1.29, 1.82) is 0 Å². The van der Waals surface area contributed by atoms with Crippen molar-refractivity contribution in [2.45, 2.75) is 27.7 Å². The lowest BCUT2D eigenvalue weighted by Crippen LogP contribution is -2.33. The molecule has 2 rings (SSSR count). The number of anilines is 1. The van der Waals surface area contributed by atoms with Crippen molar-refractivity contribution in [3.05, 3.63) is 44.9 Å². The molecule has 5 nitrogen and oxygen atoms in total. The summed E-state index contributed by atoms with van der Waals surface area (Å²) in [5.74, 6) is -0.510. The maximum Gasteiger partial charge on any atom is 0.263 e. The molecular formula is C16H19N3O2S. The van der Waals surface area contributed by atoms with Gasteiger partial charge in [0.15, 0.2) is 0 Å². The van der Waals surface area contributed by atoms with E-state index in [1.54, 1.807) is 6.92 Å². The molecular weight excluding hydrogens is 298 g/mol. The van der Waals surface area contributed by atoms with E-state index in [-0.39, 0.29) is 18.4 Å². The number of nitrogens with one attached hydrogen (secondary N) is 2. The molecule has 0 spiro atoms. The number of hydrogen-bond donors (Lipinski definition) is 2. The van der Waals surface area contributed by atoms with Gasteiger partial charge in [-0.1, -0.05) is 18.2 Å². The average Bonchev–Trinajstić information content (AvgIpc) is 2.79. The number of para-hydroxylation sites is 1. The highest BCUT2D eigenvalue weighted by Crippen LogP contribution is 2.19. The highest BCUT2D eigenvalue weighted by Gasteiger charge is 2.15. The van der Waals surface area contributed by atoms with Crippen molar-refractivity contribution in [3.8, 4) is 0 Å². The summed E-state index contributed by atoms with van der Waals surface area (Å²) in [4.78, 5) is 28.8. The molecule has 1 aromatic carbocycles. The second-order valence-electron chi connectivity index (χ2n) is 5.15. The van der Waals surface area contributed by atoms with E-state index >= 15 is 0 Å². The molecule has 0 saturated carbocycles. The van der Waals surface area contributed by atoms with Gasteiger partial charge in [-0.2, -0.15) is 0 Å². The van der Waals surface area contributed by atoms with Gasteiger partial charge in [-0.05, 0) is 38.8 Å². The molecule has 0 unspecified atom stereocenters. The highest BCUT2D eigenvalue weighted by atomic mass is 32.1. The standard InChI is InChI=1S/C16H19N3O2S/c1-9-6-5-7-10(2)14(9)19-13(20)8-17-16(21)15-11(3)18-12(4)22-15/h5-7H,8H2,1-4H3,(H,17,21)(H,19,20). The lowest BCUT2D eigenvalue weighted by atomic mass is 10.1. The van der Waals surface area contributed by atoms with Crippen molar-refractivity contribution in [1.82, 2.24) is 10.3 Å². The molecule has 0 saturated heterocycles. The van der Waals surface area contributed by atoms with Gasteiger partial charge in [0.1, 0.15) is 4.88 Å². The average molecular weight is 317 g/mol. The zero-order valence-corrected chi connectivity index (χ0v) is 13.9. The fraction of sp³-hybridized carbons (Fsp3) is 0.312. The fourth-order valence-electron chi connectivity index (χ4n) is 2.18. The molecule has 1 aromatic heterocycles. The summed E-state index contributed by atoms with van der Waals surface area (Å²) in [6, 6.07) is 5.81. The number of carbonyl (C=O) groups excluding carboxylic acids is 2. The fourth-order valence-corrected chi connectivity index (χ4v) is 3.01. The van der Waals surface area contributed by atoms with E-state index < -0.39 is 0 Å². The Kier molecular flexibility index (Phi) is 4.92. The number of thiazole rings is 1.